The molecule has 0 unspecified atom stereocenters. The second-order valence-corrected chi connectivity index (χ2v) is 31.0. The minimum absolute atomic E-state index is 0. The summed E-state index contributed by atoms with van der Waals surface area (Å²) in [5.74, 6) is -6.64. The molecule has 11 aromatic rings. The van der Waals surface area contributed by atoms with E-state index < -0.39 is 86.3 Å². The summed E-state index contributed by atoms with van der Waals surface area (Å²) in [5.41, 5.74) is 4.43. The Morgan fingerprint density at radius 2 is 0.549 bits per heavy atom. The first-order valence-electron chi connectivity index (χ1n) is 32.7. The van der Waals surface area contributed by atoms with Gasteiger partial charge in [-0.15, -0.1) is 0 Å². The van der Waals surface area contributed by atoms with Crippen molar-refractivity contribution in [3.05, 3.63) is 354 Å². The van der Waals surface area contributed by atoms with Crippen LogP contribution in [0.2, 0.25) is 0 Å². The number of benzene rings is 11. The summed E-state index contributed by atoms with van der Waals surface area (Å²) in [6.45, 7) is -0.273. The van der Waals surface area contributed by atoms with Crippen LogP contribution in [0.1, 0.15) is 169 Å². The van der Waals surface area contributed by atoms with Crippen LogP contribution in [-0.4, -0.2) is 135 Å². The number of carbonyl (C=O) groups is 12. The molecule has 2 amide bonds. The number of carbonyl (C=O) groups excluding carboxylic acids is 10. The van der Waals surface area contributed by atoms with Gasteiger partial charge in [0.05, 0.1) is 31.6 Å². The fourth-order valence-electron chi connectivity index (χ4n) is 12.1. The van der Waals surface area contributed by atoms with Gasteiger partial charge >= 0.3 is 41.5 Å². The van der Waals surface area contributed by atoms with Gasteiger partial charge in [-0.3, -0.25) is 61.9 Å². The smallest absolute Gasteiger partial charge is 0.744 e. The minimum atomic E-state index is -4.66. The van der Waals surface area contributed by atoms with E-state index in [0.717, 1.165) is 30.3 Å². The van der Waals surface area contributed by atoms with E-state index in [1.54, 1.807) is 78.9 Å². The molecule has 0 atom stereocenters. The first kappa shape index (κ1) is 81.0. The summed E-state index contributed by atoms with van der Waals surface area (Å²) in [6, 6.07) is 56.7. The van der Waals surface area contributed by atoms with Gasteiger partial charge in [0.25, 0.3) is 42.0 Å². The molecule has 33 heteroatoms. The molecule has 7 N–H and O–H groups in total. The van der Waals surface area contributed by atoms with Crippen LogP contribution >= 0.6 is 0 Å². The SMILES string of the molecule is O=C(NCCS(=O)(=O)O)c1ccc2c(c1)C(=O)c1ccccc1C2=O.O=C(O)c1ccc(NC(=O)c2ccc3c(c2)C(=O)c2ccccc2C3=O)cc1.O=C(O)c1ccc(NS(=O)(=O)c2ccc3c(c2)C(=O)c2ccccc2C3=O)cc1.O=C1c2ccccc2C(=O)c2cc(S(=O)(=O)Nc3ccc(S(=O)(=O)[O-])cc3)ccc21.[Na+]. The zero-order valence-corrected chi connectivity index (χ0v) is 63.3. The number of carboxylic acid groups (broad SMARTS) is 2. The van der Waals surface area contributed by atoms with Gasteiger partial charge in [-0.1, -0.05) is 97.1 Å². The Morgan fingerprint density at radius 1 is 0.301 bits per heavy atom. The maximum Gasteiger partial charge on any atom is 1.00 e. The van der Waals surface area contributed by atoms with Gasteiger partial charge < -0.3 is 25.4 Å². The fraction of sp³-hybridized carbons (Fsp3) is 0.0250. The summed E-state index contributed by atoms with van der Waals surface area (Å²) in [6.07, 6.45) is 0. The summed E-state index contributed by atoms with van der Waals surface area (Å²) in [4.78, 5) is 147. The van der Waals surface area contributed by atoms with Crippen molar-refractivity contribution in [1.29, 1.82) is 0 Å². The Labute approximate surface area is 663 Å². The zero-order chi connectivity index (χ0) is 80.5. The molecule has 113 heavy (non-hydrogen) atoms. The quantitative estimate of drug-likeness (QED) is 0.0418. The van der Waals surface area contributed by atoms with Crippen molar-refractivity contribution in [3.8, 4) is 0 Å². The molecule has 4 aliphatic rings. The molecule has 0 aromatic heterocycles. The number of sulfonamides is 2. The Hall–Kier alpha value is -13.0. The molecule has 0 bridgehead atoms. The van der Waals surface area contributed by atoms with Crippen LogP contribution in [0.15, 0.2) is 257 Å². The van der Waals surface area contributed by atoms with Crippen LogP contribution in [-0.2, 0) is 40.3 Å². The van der Waals surface area contributed by atoms with Crippen LogP contribution in [0.5, 0.6) is 0 Å². The summed E-state index contributed by atoms with van der Waals surface area (Å²) < 4.78 is 118. The van der Waals surface area contributed by atoms with E-state index in [9.17, 15) is 95.8 Å². The molecular weight excluding hydrogens is 1550 g/mol. The third kappa shape index (κ3) is 17.3. The second-order valence-electron chi connectivity index (χ2n) is 24.7. The third-order valence-corrected chi connectivity index (χ3v) is 21.9. The Bertz CT molecular complexity index is 6450. The normalized spacial score (nSPS) is 12.8. The largest absolute Gasteiger partial charge is 1.00 e. The predicted molar refractivity (Wildman–Crippen MR) is 399 cm³/mol. The van der Waals surface area contributed by atoms with E-state index in [1.165, 1.54) is 133 Å². The molecule has 560 valence electrons. The van der Waals surface area contributed by atoms with Crippen LogP contribution in [0.25, 0.3) is 0 Å². The molecule has 0 fully saturated rings. The average Bonchev–Trinajstić information content (AvgIpc) is 0.769. The van der Waals surface area contributed by atoms with Crippen molar-refractivity contribution in [3.63, 3.8) is 0 Å². The first-order valence-corrected chi connectivity index (χ1v) is 38.7. The number of ketones is 8. The van der Waals surface area contributed by atoms with E-state index >= 15 is 0 Å². The average molecular weight is 1600 g/mol. The molecule has 0 saturated heterocycles. The maximum absolute atomic E-state index is 12.8. The monoisotopic (exact) mass is 1600 g/mol. The van der Waals surface area contributed by atoms with Crippen LogP contribution in [0.3, 0.4) is 0 Å². The molecular formula is C80H51N4NaO24S4. The Balaban J connectivity index is 0.000000149. The molecule has 0 radical (unpaired) electrons. The Morgan fingerprint density at radius 3 is 0.850 bits per heavy atom. The number of hydrogen-bond donors (Lipinski definition) is 7. The standard InChI is InChI=1S/C22H13NO5.C21H13NO6S.C20H13NO7S2.C17H13NO6S.Na/c24-19-15-3-1-2-4-16(15)20(25)18-11-13(7-10-17(18)19)21(26)23-14-8-5-12(6-9-14)22(27)28;23-19-15-3-1-2-4-16(15)20(24)18-11-14(9-10-17(18)19)29(27,28)22-13-7-5-12(6-8-13)21(25)26;22-19-15-3-1-2-4-16(15)20(23)18-11-14(9-10-17(18)19)29(24,25)21-12-5-7-13(8-6-12)30(26,27)28;19-15-11-3-1-2-4-12(11)16(20)14-9-10(5-6-13(14)15)17(21)18-7-8-25(22,23)24;/h1-11H,(H,23,26)(H,27,28);1-11,22H,(H,25,26);1-11,21H,(H,26,27,28);1-6,9H,7-8H2,(H,18,21)(H,22,23,24);/q;;;;+1/p-1. The van der Waals surface area contributed by atoms with Crippen LogP contribution in [0.4, 0.5) is 17.1 Å². The van der Waals surface area contributed by atoms with Crippen molar-refractivity contribution in [1.82, 2.24) is 5.32 Å². The van der Waals surface area contributed by atoms with Crippen LogP contribution < -0.4 is 49.6 Å². The molecule has 4 aliphatic carbocycles. The number of nitrogens with one attached hydrogen (secondary N) is 4. The molecule has 0 aliphatic heterocycles. The summed E-state index contributed by atoms with van der Waals surface area (Å²) in [7, 11) is -17.1. The molecule has 0 saturated carbocycles. The van der Waals surface area contributed by atoms with Gasteiger partial charge in [-0.2, -0.15) is 8.42 Å². The summed E-state index contributed by atoms with van der Waals surface area (Å²) in [5, 5.41) is 22.8. The molecule has 0 heterocycles. The van der Waals surface area contributed by atoms with E-state index in [-0.39, 0.29) is 187 Å². The maximum atomic E-state index is 12.8. The first-order chi connectivity index (χ1) is 53.1. The zero-order valence-electron chi connectivity index (χ0n) is 58.1. The van der Waals surface area contributed by atoms with E-state index in [2.05, 4.69) is 20.1 Å². The number of aromatic carboxylic acids is 2. The number of carboxylic acids is 2. The van der Waals surface area contributed by atoms with Crippen molar-refractivity contribution in [2.45, 2.75) is 14.7 Å². The number of amides is 2. The molecule has 28 nitrogen and oxygen atoms in total. The van der Waals surface area contributed by atoms with Crippen molar-refractivity contribution in [2.24, 2.45) is 0 Å². The topological polar surface area (TPSA) is 473 Å². The Kier molecular flexibility index (Phi) is 23.3. The van der Waals surface area contributed by atoms with Crippen molar-refractivity contribution in [2.75, 3.05) is 27.1 Å². The van der Waals surface area contributed by atoms with E-state index in [1.807, 2.05) is 0 Å². The van der Waals surface area contributed by atoms with Crippen molar-refractivity contribution >= 4 is 127 Å². The third-order valence-electron chi connectivity index (χ3n) is 17.6. The van der Waals surface area contributed by atoms with Gasteiger partial charge in [0.2, 0.25) is 0 Å². The molecule has 0 spiro atoms. The van der Waals surface area contributed by atoms with E-state index in [0.29, 0.717) is 22.4 Å². The predicted octanol–water partition coefficient (Wildman–Crippen LogP) is 6.62. The number of rotatable bonds is 15. The second kappa shape index (κ2) is 32.5. The molecule has 15 rings (SSSR count). The van der Waals surface area contributed by atoms with Gasteiger partial charge in [-0.05, 0) is 146 Å². The number of fused-ring (bicyclic) bond motifs is 8. The van der Waals surface area contributed by atoms with Gasteiger partial charge in [-0.25, -0.2) is 34.8 Å². The molecule has 11 aromatic carbocycles. The van der Waals surface area contributed by atoms with Gasteiger partial charge in [0.1, 0.15) is 10.1 Å². The number of anilines is 3. The summed E-state index contributed by atoms with van der Waals surface area (Å²) >= 11 is 0. The fourth-order valence-corrected chi connectivity index (χ4v) is 15.1. The van der Waals surface area contributed by atoms with Crippen LogP contribution in [0, 0.1) is 0 Å². The van der Waals surface area contributed by atoms with E-state index in [4.69, 9.17) is 14.8 Å². The van der Waals surface area contributed by atoms with Crippen molar-refractivity contribution < 1.29 is 140 Å². The number of hydrogen-bond acceptors (Lipinski definition) is 21. The van der Waals surface area contributed by atoms with Gasteiger partial charge in [0.15, 0.2) is 46.3 Å². The minimum Gasteiger partial charge on any atom is -0.744 e. The van der Waals surface area contributed by atoms with Gasteiger partial charge in [0, 0.05) is 124 Å².